The maximum absolute atomic E-state index is 2.64. The first-order valence-corrected chi connectivity index (χ1v) is 5.71. The van der Waals surface area contributed by atoms with Gasteiger partial charge in [-0.05, 0) is 18.3 Å². The Morgan fingerprint density at radius 2 is 1.92 bits per heavy atom. The zero-order valence-corrected chi connectivity index (χ0v) is 8.68. The van der Waals surface area contributed by atoms with Crippen molar-refractivity contribution in [1.29, 1.82) is 0 Å². The third-order valence-electron chi connectivity index (χ3n) is 3.15. The summed E-state index contributed by atoms with van der Waals surface area (Å²) < 4.78 is 0. The average molecular weight is 167 g/mol. The zero-order valence-electron chi connectivity index (χ0n) is 8.68. The fourth-order valence-corrected chi connectivity index (χ4v) is 2.27. The van der Waals surface area contributed by atoms with Crippen LogP contribution in [0.15, 0.2) is 0 Å². The van der Waals surface area contributed by atoms with Gasteiger partial charge in [0.05, 0.1) is 0 Å². The normalized spacial score (nSPS) is 30.5. The van der Waals surface area contributed by atoms with E-state index < -0.39 is 0 Å². The van der Waals surface area contributed by atoms with Gasteiger partial charge in [0, 0.05) is 0 Å². The molecule has 0 aliphatic heterocycles. The lowest BCUT2D eigenvalue weighted by Crippen LogP contribution is -2.15. The van der Waals surface area contributed by atoms with Crippen LogP contribution in [0.3, 0.4) is 0 Å². The SMILES string of the molecule is CCCCC1[CH]C(CC)CCC1. The van der Waals surface area contributed by atoms with E-state index in [2.05, 4.69) is 20.3 Å². The Balaban J connectivity index is 2.16. The number of hydrogen-bond acceptors (Lipinski definition) is 0. The monoisotopic (exact) mass is 167 g/mol. The van der Waals surface area contributed by atoms with E-state index in [4.69, 9.17) is 0 Å². The highest BCUT2D eigenvalue weighted by atomic mass is 14.2. The molecule has 0 heteroatoms. The van der Waals surface area contributed by atoms with Crippen LogP contribution < -0.4 is 0 Å². The standard InChI is InChI=1S/C12H23/c1-3-5-7-12-9-6-8-11(4-2)10-12/h10-12H,3-9H2,1-2H3. The lowest BCUT2D eigenvalue weighted by molar-refractivity contribution is 0.332. The molecule has 0 N–H and O–H groups in total. The van der Waals surface area contributed by atoms with Gasteiger partial charge in [-0.2, -0.15) is 0 Å². The van der Waals surface area contributed by atoms with Crippen LogP contribution in [0.1, 0.15) is 58.8 Å². The van der Waals surface area contributed by atoms with Gasteiger partial charge >= 0.3 is 0 Å². The molecule has 1 aliphatic carbocycles. The molecule has 0 saturated heterocycles. The minimum absolute atomic E-state index is 0.945. The van der Waals surface area contributed by atoms with Crippen LogP contribution in [0.5, 0.6) is 0 Å². The molecule has 71 valence electrons. The Labute approximate surface area is 77.7 Å². The fraction of sp³-hybridized carbons (Fsp3) is 0.917. The molecule has 0 nitrogen and oxygen atoms in total. The minimum atomic E-state index is 0.945. The van der Waals surface area contributed by atoms with Gasteiger partial charge < -0.3 is 0 Å². The number of unbranched alkanes of at least 4 members (excludes halogenated alkanes) is 1. The molecule has 0 aromatic rings. The first kappa shape index (κ1) is 10.1. The largest absolute Gasteiger partial charge is 0.0654 e. The Morgan fingerprint density at radius 3 is 2.58 bits per heavy atom. The summed E-state index contributed by atoms with van der Waals surface area (Å²) in [5.41, 5.74) is 0. The molecule has 1 rings (SSSR count). The Morgan fingerprint density at radius 1 is 1.17 bits per heavy atom. The van der Waals surface area contributed by atoms with Gasteiger partial charge in [0.1, 0.15) is 0 Å². The molecule has 0 spiro atoms. The molecule has 0 bridgehead atoms. The first-order chi connectivity index (χ1) is 5.86. The van der Waals surface area contributed by atoms with Crippen molar-refractivity contribution in [1.82, 2.24) is 0 Å². The highest BCUT2D eigenvalue weighted by Gasteiger charge is 2.19. The van der Waals surface area contributed by atoms with Crippen molar-refractivity contribution in [3.63, 3.8) is 0 Å². The average Bonchev–Trinajstić information content (AvgIpc) is 2.15. The third kappa shape index (κ3) is 3.16. The molecule has 0 heterocycles. The van der Waals surface area contributed by atoms with Gasteiger partial charge in [0.2, 0.25) is 0 Å². The fourth-order valence-electron chi connectivity index (χ4n) is 2.27. The van der Waals surface area contributed by atoms with E-state index in [9.17, 15) is 0 Å². The van der Waals surface area contributed by atoms with E-state index in [0.29, 0.717) is 0 Å². The molecule has 1 radical (unpaired) electrons. The van der Waals surface area contributed by atoms with E-state index in [0.717, 1.165) is 11.8 Å². The molecule has 2 unspecified atom stereocenters. The van der Waals surface area contributed by atoms with E-state index >= 15 is 0 Å². The molecule has 0 amide bonds. The van der Waals surface area contributed by atoms with E-state index in [1.807, 2.05) is 0 Å². The summed E-state index contributed by atoms with van der Waals surface area (Å²) in [4.78, 5) is 0. The topological polar surface area (TPSA) is 0 Å². The first-order valence-electron chi connectivity index (χ1n) is 5.71. The van der Waals surface area contributed by atoms with Crippen LogP contribution in [0, 0.1) is 18.3 Å². The Kier molecular flexibility index (Phi) is 4.72. The third-order valence-corrected chi connectivity index (χ3v) is 3.15. The summed E-state index contributed by atoms with van der Waals surface area (Å²) in [5.74, 6) is 1.91. The summed E-state index contributed by atoms with van der Waals surface area (Å²) in [6.45, 7) is 4.61. The van der Waals surface area contributed by atoms with Crippen LogP contribution in [0.4, 0.5) is 0 Å². The van der Waals surface area contributed by atoms with Gasteiger partial charge in [-0.3, -0.25) is 0 Å². The smallest absolute Gasteiger partial charge is 0.0324 e. The maximum Gasteiger partial charge on any atom is -0.0324 e. The van der Waals surface area contributed by atoms with Crippen molar-refractivity contribution in [2.75, 3.05) is 0 Å². The molecule has 0 aromatic carbocycles. The quantitative estimate of drug-likeness (QED) is 0.588. The van der Waals surface area contributed by atoms with Crippen molar-refractivity contribution < 1.29 is 0 Å². The van der Waals surface area contributed by atoms with Crippen LogP contribution in [0.2, 0.25) is 0 Å². The second-order valence-corrected chi connectivity index (χ2v) is 4.19. The highest BCUT2D eigenvalue weighted by molar-refractivity contribution is 4.87. The second kappa shape index (κ2) is 5.61. The van der Waals surface area contributed by atoms with Gasteiger partial charge in [-0.25, -0.2) is 0 Å². The molecule has 12 heavy (non-hydrogen) atoms. The van der Waals surface area contributed by atoms with Gasteiger partial charge in [0.25, 0.3) is 0 Å². The number of hydrogen-bond donors (Lipinski definition) is 0. The molecule has 0 aromatic heterocycles. The molecule has 1 aliphatic rings. The highest BCUT2D eigenvalue weighted by Crippen LogP contribution is 2.32. The van der Waals surface area contributed by atoms with E-state index in [-0.39, 0.29) is 0 Å². The van der Waals surface area contributed by atoms with Crippen molar-refractivity contribution in [2.45, 2.75) is 58.8 Å². The Hall–Kier alpha value is 0. The number of rotatable bonds is 4. The van der Waals surface area contributed by atoms with Crippen molar-refractivity contribution in [3.05, 3.63) is 6.42 Å². The predicted octanol–water partition coefficient (Wildman–Crippen LogP) is 4.21. The molecular weight excluding hydrogens is 144 g/mol. The van der Waals surface area contributed by atoms with Crippen LogP contribution in [0.25, 0.3) is 0 Å². The molecular formula is C12H23. The molecule has 1 saturated carbocycles. The second-order valence-electron chi connectivity index (χ2n) is 4.19. The molecule has 2 atom stereocenters. The van der Waals surface area contributed by atoms with Crippen LogP contribution >= 0.6 is 0 Å². The summed E-state index contributed by atoms with van der Waals surface area (Å²) >= 11 is 0. The summed E-state index contributed by atoms with van der Waals surface area (Å²) in [6.07, 6.45) is 12.6. The molecule has 1 fully saturated rings. The Bertz CT molecular complexity index is 107. The maximum atomic E-state index is 2.64. The zero-order chi connectivity index (χ0) is 8.81. The predicted molar refractivity (Wildman–Crippen MR) is 54.9 cm³/mol. The van der Waals surface area contributed by atoms with Gasteiger partial charge in [0.15, 0.2) is 0 Å². The van der Waals surface area contributed by atoms with E-state index in [1.165, 1.54) is 44.9 Å². The van der Waals surface area contributed by atoms with Gasteiger partial charge in [-0.1, -0.05) is 58.8 Å². The summed E-state index contributed by atoms with van der Waals surface area (Å²) in [5, 5.41) is 0. The van der Waals surface area contributed by atoms with Gasteiger partial charge in [-0.15, -0.1) is 0 Å². The lowest BCUT2D eigenvalue weighted by Gasteiger charge is -2.27. The summed E-state index contributed by atoms with van der Waals surface area (Å²) in [7, 11) is 0. The van der Waals surface area contributed by atoms with Crippen molar-refractivity contribution in [2.24, 2.45) is 11.8 Å². The van der Waals surface area contributed by atoms with Crippen molar-refractivity contribution in [3.8, 4) is 0 Å². The van der Waals surface area contributed by atoms with E-state index in [1.54, 1.807) is 0 Å². The van der Waals surface area contributed by atoms with Crippen molar-refractivity contribution >= 4 is 0 Å². The van der Waals surface area contributed by atoms with Crippen LogP contribution in [-0.2, 0) is 0 Å². The minimum Gasteiger partial charge on any atom is -0.0654 e. The van der Waals surface area contributed by atoms with Crippen LogP contribution in [-0.4, -0.2) is 0 Å². The lowest BCUT2D eigenvalue weighted by atomic mass is 9.78. The summed E-state index contributed by atoms with van der Waals surface area (Å²) in [6, 6.07) is 0.